The molecule has 38 heavy (non-hydrogen) atoms. The standard InChI is InChI=1S/C26H29F2IN6O3/c1-25(2,3)38-24(36)32-21-19-14(15(27)4-5-16(19)28)12-26(21)7-9-34(10-8-26)17-13-30-20-22(29)33-35(23(20)31-17)18-6-11-37-18/h4-5,13,18,21H,6-12H2,1-3H3,(H,32,36)/t18?,21-/m0/s1. The second-order valence-electron chi connectivity index (χ2n) is 11.3. The molecular weight excluding hydrogens is 609 g/mol. The molecular formula is C26H29F2IN6O3. The minimum absolute atomic E-state index is 0.128. The number of aromatic nitrogens is 4. The molecule has 1 spiro atoms. The van der Waals surface area contributed by atoms with Gasteiger partial charge >= 0.3 is 6.09 Å². The Balaban J connectivity index is 1.27. The summed E-state index contributed by atoms with van der Waals surface area (Å²) in [6.45, 7) is 7.19. The first-order valence-corrected chi connectivity index (χ1v) is 13.9. The molecule has 202 valence electrons. The van der Waals surface area contributed by atoms with Gasteiger partial charge in [-0.25, -0.2) is 28.2 Å². The first kappa shape index (κ1) is 25.7. The maximum atomic E-state index is 15.1. The highest BCUT2D eigenvalue weighted by Crippen LogP contribution is 2.53. The summed E-state index contributed by atoms with van der Waals surface area (Å²) in [7, 11) is 0. The van der Waals surface area contributed by atoms with E-state index < -0.39 is 34.8 Å². The highest BCUT2D eigenvalue weighted by atomic mass is 127. The normalized spacial score (nSPS) is 22.4. The van der Waals surface area contributed by atoms with Crippen molar-refractivity contribution in [2.75, 3.05) is 24.6 Å². The molecule has 1 aromatic carbocycles. The van der Waals surface area contributed by atoms with Crippen LogP contribution in [0.2, 0.25) is 0 Å². The lowest BCUT2D eigenvalue weighted by atomic mass is 9.72. The molecule has 9 nitrogen and oxygen atoms in total. The summed E-state index contributed by atoms with van der Waals surface area (Å²) < 4.78 is 43.6. The fraction of sp³-hybridized carbons (Fsp3) is 0.538. The van der Waals surface area contributed by atoms with Crippen molar-refractivity contribution in [3.05, 3.63) is 44.8 Å². The van der Waals surface area contributed by atoms with E-state index in [2.05, 4.69) is 42.9 Å². The summed E-state index contributed by atoms with van der Waals surface area (Å²) in [5, 5.41) is 7.46. The predicted octanol–water partition coefficient (Wildman–Crippen LogP) is 5.04. The summed E-state index contributed by atoms with van der Waals surface area (Å²) in [6, 6.07) is 1.60. The number of hydrogen-bond acceptors (Lipinski definition) is 7. The van der Waals surface area contributed by atoms with E-state index in [4.69, 9.17) is 14.5 Å². The smallest absolute Gasteiger partial charge is 0.408 e. The van der Waals surface area contributed by atoms with E-state index in [0.717, 1.165) is 27.8 Å². The number of halogens is 3. The van der Waals surface area contributed by atoms with Crippen LogP contribution >= 0.6 is 22.6 Å². The maximum absolute atomic E-state index is 15.1. The predicted molar refractivity (Wildman–Crippen MR) is 144 cm³/mol. The zero-order valence-corrected chi connectivity index (χ0v) is 23.6. The van der Waals surface area contributed by atoms with Crippen LogP contribution in [0.25, 0.3) is 11.2 Å². The Morgan fingerprint density at radius 2 is 1.95 bits per heavy atom. The molecule has 2 aliphatic heterocycles. The van der Waals surface area contributed by atoms with E-state index in [9.17, 15) is 9.18 Å². The first-order chi connectivity index (χ1) is 18.0. The molecule has 6 rings (SSSR count). The van der Waals surface area contributed by atoms with Crippen molar-refractivity contribution in [3.63, 3.8) is 0 Å². The number of alkyl carbamates (subject to hydrolysis) is 1. The largest absolute Gasteiger partial charge is 0.444 e. The second-order valence-corrected chi connectivity index (χ2v) is 12.3. The van der Waals surface area contributed by atoms with Crippen molar-refractivity contribution >= 4 is 45.7 Å². The molecule has 3 aromatic rings. The molecule has 1 N–H and O–H groups in total. The number of carbonyl (C=O) groups excluding carboxylic acids is 1. The Hall–Kier alpha value is -2.61. The van der Waals surface area contributed by atoms with Crippen LogP contribution in [0.4, 0.5) is 19.4 Å². The molecule has 4 heterocycles. The zero-order valence-electron chi connectivity index (χ0n) is 21.4. The maximum Gasteiger partial charge on any atom is 0.408 e. The van der Waals surface area contributed by atoms with Crippen LogP contribution in [0, 0.1) is 20.8 Å². The van der Waals surface area contributed by atoms with E-state index in [-0.39, 0.29) is 11.8 Å². The van der Waals surface area contributed by atoms with Crippen molar-refractivity contribution in [1.82, 2.24) is 25.1 Å². The number of hydrogen-bond donors (Lipinski definition) is 1. The minimum atomic E-state index is -0.714. The number of carbonyl (C=O) groups is 1. The van der Waals surface area contributed by atoms with Crippen LogP contribution < -0.4 is 10.2 Å². The SMILES string of the molecule is CC(C)(C)OC(=O)N[C@H]1c2c(F)ccc(F)c2CC12CCN(c1cnc3c(I)nn(C4CCO4)c3n1)CC2. The van der Waals surface area contributed by atoms with Crippen LogP contribution in [0.5, 0.6) is 0 Å². The number of piperidine rings is 1. The summed E-state index contributed by atoms with van der Waals surface area (Å²) in [6.07, 6.45) is 3.40. The van der Waals surface area contributed by atoms with Gasteiger partial charge in [0.25, 0.3) is 0 Å². The molecule has 0 radical (unpaired) electrons. The van der Waals surface area contributed by atoms with Gasteiger partial charge in [0.2, 0.25) is 0 Å². The van der Waals surface area contributed by atoms with E-state index >= 15 is 4.39 Å². The molecule has 1 unspecified atom stereocenters. The van der Waals surface area contributed by atoms with Crippen molar-refractivity contribution in [2.45, 2.75) is 64.3 Å². The van der Waals surface area contributed by atoms with Gasteiger partial charge in [0.15, 0.2) is 15.6 Å². The first-order valence-electron chi connectivity index (χ1n) is 12.8. The van der Waals surface area contributed by atoms with Crippen LogP contribution in [0.3, 0.4) is 0 Å². The lowest BCUT2D eigenvalue weighted by Gasteiger charge is -2.43. The highest BCUT2D eigenvalue weighted by Gasteiger charge is 2.51. The molecule has 1 amide bonds. The molecule has 0 bridgehead atoms. The molecule has 2 fully saturated rings. The second kappa shape index (κ2) is 9.25. The molecule has 3 aliphatic rings. The number of amides is 1. The Morgan fingerprint density at radius 3 is 2.61 bits per heavy atom. The van der Waals surface area contributed by atoms with Gasteiger partial charge in [0.1, 0.15) is 28.6 Å². The highest BCUT2D eigenvalue weighted by molar-refractivity contribution is 14.1. The Morgan fingerprint density at radius 1 is 1.24 bits per heavy atom. The molecule has 0 saturated carbocycles. The zero-order chi connectivity index (χ0) is 26.8. The topological polar surface area (TPSA) is 94.4 Å². The molecule has 12 heteroatoms. The summed E-state index contributed by atoms with van der Waals surface area (Å²) in [4.78, 5) is 24.4. The van der Waals surface area contributed by atoms with Gasteiger partial charge in [0, 0.05) is 30.5 Å². The molecule has 2 aromatic heterocycles. The number of nitrogens with one attached hydrogen (secondary N) is 1. The van der Waals surface area contributed by atoms with Crippen molar-refractivity contribution in [3.8, 4) is 0 Å². The number of ether oxygens (including phenoxy) is 2. The lowest BCUT2D eigenvalue weighted by Crippen LogP contribution is -2.48. The monoisotopic (exact) mass is 638 g/mol. The van der Waals surface area contributed by atoms with E-state index in [0.29, 0.717) is 56.0 Å². The summed E-state index contributed by atoms with van der Waals surface area (Å²) >= 11 is 2.16. The van der Waals surface area contributed by atoms with Gasteiger partial charge in [-0.2, -0.15) is 5.10 Å². The van der Waals surface area contributed by atoms with Crippen molar-refractivity contribution in [2.24, 2.45) is 5.41 Å². The van der Waals surface area contributed by atoms with Crippen molar-refractivity contribution < 1.29 is 23.0 Å². The van der Waals surface area contributed by atoms with Crippen molar-refractivity contribution in [1.29, 1.82) is 0 Å². The third kappa shape index (κ3) is 4.38. The third-order valence-electron chi connectivity index (χ3n) is 7.72. The summed E-state index contributed by atoms with van der Waals surface area (Å²) in [5.74, 6) is -0.248. The Kier molecular flexibility index (Phi) is 6.24. The molecule has 2 atom stereocenters. The third-order valence-corrected chi connectivity index (χ3v) is 8.44. The average Bonchev–Trinajstić information content (AvgIpc) is 3.30. The van der Waals surface area contributed by atoms with Gasteiger partial charge in [-0.05, 0) is 80.3 Å². The van der Waals surface area contributed by atoms with Gasteiger partial charge in [0.05, 0.1) is 18.8 Å². The number of rotatable bonds is 3. The van der Waals surface area contributed by atoms with E-state index in [1.807, 2.05) is 0 Å². The Bertz CT molecular complexity index is 1410. The molecule has 1 aliphatic carbocycles. The van der Waals surface area contributed by atoms with Crippen LogP contribution in [0.1, 0.15) is 63.4 Å². The van der Waals surface area contributed by atoms with E-state index in [1.54, 1.807) is 31.6 Å². The fourth-order valence-electron chi connectivity index (χ4n) is 5.79. The van der Waals surface area contributed by atoms with Gasteiger partial charge in [-0.3, -0.25) is 0 Å². The van der Waals surface area contributed by atoms with Crippen LogP contribution in [-0.2, 0) is 15.9 Å². The Labute approximate surface area is 232 Å². The lowest BCUT2D eigenvalue weighted by molar-refractivity contribution is -0.104. The molecule has 2 saturated heterocycles. The fourth-order valence-corrected chi connectivity index (χ4v) is 6.41. The van der Waals surface area contributed by atoms with Gasteiger partial charge in [-0.1, -0.05) is 0 Å². The quantitative estimate of drug-likeness (QED) is 0.402. The van der Waals surface area contributed by atoms with Gasteiger partial charge < -0.3 is 19.7 Å². The van der Waals surface area contributed by atoms with Crippen LogP contribution in [0.15, 0.2) is 18.3 Å². The number of anilines is 1. The number of fused-ring (bicyclic) bond motifs is 2. The average molecular weight is 638 g/mol. The van der Waals surface area contributed by atoms with E-state index in [1.165, 1.54) is 0 Å². The number of nitrogens with zero attached hydrogens (tertiary/aromatic N) is 5. The summed E-state index contributed by atoms with van der Waals surface area (Å²) in [5.41, 5.74) is 0.710. The minimum Gasteiger partial charge on any atom is -0.444 e. The van der Waals surface area contributed by atoms with Crippen LogP contribution in [-0.4, -0.2) is 51.1 Å². The van der Waals surface area contributed by atoms with Gasteiger partial charge in [-0.15, -0.1) is 0 Å². The number of benzene rings is 1.